The number of hydrogen-bond donors (Lipinski definition) is 1. The molecule has 2 nitrogen and oxygen atoms in total. The first-order valence-corrected chi connectivity index (χ1v) is 7.99. The Morgan fingerprint density at radius 2 is 1.89 bits per heavy atom. The quantitative estimate of drug-likeness (QED) is 0.763. The fourth-order valence-electron chi connectivity index (χ4n) is 3.86. The number of hydrogen-bond acceptors (Lipinski definition) is 2. The van der Waals surface area contributed by atoms with Crippen molar-refractivity contribution in [1.29, 1.82) is 5.26 Å². The second kappa shape index (κ2) is 7.14. The fourth-order valence-corrected chi connectivity index (χ4v) is 3.86. The highest BCUT2D eigenvalue weighted by atomic mass is 15.0. The number of nitrogens with one attached hydrogen (secondary N) is 1. The molecule has 102 valence electrons. The van der Waals surface area contributed by atoms with Crippen LogP contribution in [0.5, 0.6) is 0 Å². The average Bonchev–Trinajstić information content (AvgIpc) is 2.71. The minimum absolute atomic E-state index is 0.277. The third-order valence-electron chi connectivity index (χ3n) is 4.92. The zero-order chi connectivity index (χ0) is 12.8. The predicted octanol–water partition coefficient (Wildman–Crippen LogP) is 4.02. The van der Waals surface area contributed by atoms with E-state index in [1.807, 2.05) is 0 Å². The molecule has 2 rings (SSSR count). The van der Waals surface area contributed by atoms with Gasteiger partial charge < -0.3 is 5.32 Å². The van der Waals surface area contributed by atoms with Crippen LogP contribution in [0.2, 0.25) is 0 Å². The maximum absolute atomic E-state index is 9.14. The number of nitriles is 1. The molecule has 0 aromatic heterocycles. The highest BCUT2D eigenvalue weighted by Gasteiger charge is 2.29. The summed E-state index contributed by atoms with van der Waals surface area (Å²) in [6.07, 6.45) is 13.2. The van der Waals surface area contributed by atoms with Crippen LogP contribution in [-0.4, -0.2) is 12.1 Å². The van der Waals surface area contributed by atoms with Crippen LogP contribution in [0.3, 0.4) is 0 Å². The Kier molecular flexibility index (Phi) is 5.50. The molecule has 4 atom stereocenters. The first kappa shape index (κ1) is 13.9. The highest BCUT2D eigenvalue weighted by molar-refractivity contribution is 4.97. The van der Waals surface area contributed by atoms with Gasteiger partial charge in [0.1, 0.15) is 0 Å². The lowest BCUT2D eigenvalue weighted by atomic mass is 9.95. The van der Waals surface area contributed by atoms with Gasteiger partial charge in [-0.2, -0.15) is 5.26 Å². The van der Waals surface area contributed by atoms with Gasteiger partial charge >= 0.3 is 0 Å². The van der Waals surface area contributed by atoms with Gasteiger partial charge in [-0.1, -0.05) is 39.0 Å². The molecule has 0 aromatic carbocycles. The largest absolute Gasteiger partial charge is 0.310 e. The zero-order valence-electron chi connectivity index (χ0n) is 11.8. The van der Waals surface area contributed by atoms with Crippen molar-refractivity contribution in [2.24, 2.45) is 11.8 Å². The molecule has 0 aliphatic heterocycles. The molecule has 18 heavy (non-hydrogen) atoms. The van der Waals surface area contributed by atoms with Crippen LogP contribution in [0.1, 0.15) is 71.1 Å². The Bertz CT molecular complexity index is 281. The minimum Gasteiger partial charge on any atom is -0.310 e. The Labute approximate surface area is 112 Å². The second-order valence-corrected chi connectivity index (χ2v) is 6.30. The van der Waals surface area contributed by atoms with Crippen LogP contribution in [-0.2, 0) is 0 Å². The number of nitrogens with zero attached hydrogens (tertiary/aromatic N) is 1. The van der Waals surface area contributed by atoms with Crippen molar-refractivity contribution < 1.29 is 0 Å². The van der Waals surface area contributed by atoms with Gasteiger partial charge in [-0.15, -0.1) is 0 Å². The lowest BCUT2D eigenvalue weighted by Gasteiger charge is -2.23. The van der Waals surface area contributed by atoms with E-state index in [9.17, 15) is 0 Å². The number of rotatable bonds is 4. The smallest absolute Gasteiger partial charge is 0.0672 e. The van der Waals surface area contributed by atoms with Crippen LogP contribution < -0.4 is 5.32 Å². The van der Waals surface area contributed by atoms with Gasteiger partial charge in [0.05, 0.1) is 12.0 Å². The van der Waals surface area contributed by atoms with Crippen molar-refractivity contribution in [2.45, 2.75) is 83.2 Å². The molecule has 0 bridgehead atoms. The van der Waals surface area contributed by atoms with Crippen LogP contribution in [0.15, 0.2) is 0 Å². The fraction of sp³-hybridized carbons (Fsp3) is 0.938. The Hall–Kier alpha value is -0.550. The van der Waals surface area contributed by atoms with Crippen LogP contribution in [0, 0.1) is 23.2 Å². The molecular weight excluding hydrogens is 220 g/mol. The molecule has 0 saturated heterocycles. The van der Waals surface area contributed by atoms with Crippen molar-refractivity contribution in [2.75, 3.05) is 0 Å². The lowest BCUT2D eigenvalue weighted by molar-refractivity contribution is 0.360. The lowest BCUT2D eigenvalue weighted by Crippen LogP contribution is -2.39. The molecule has 0 radical (unpaired) electrons. The van der Waals surface area contributed by atoms with Crippen LogP contribution in [0.4, 0.5) is 0 Å². The van der Waals surface area contributed by atoms with Gasteiger partial charge in [0.15, 0.2) is 0 Å². The topological polar surface area (TPSA) is 35.8 Å². The minimum atomic E-state index is 0.277. The van der Waals surface area contributed by atoms with Gasteiger partial charge in [0.25, 0.3) is 0 Å². The summed E-state index contributed by atoms with van der Waals surface area (Å²) in [6.45, 7) is 2.30. The molecule has 2 aliphatic rings. The van der Waals surface area contributed by atoms with E-state index < -0.39 is 0 Å². The van der Waals surface area contributed by atoms with Crippen molar-refractivity contribution in [3.05, 3.63) is 0 Å². The Balaban J connectivity index is 1.78. The Morgan fingerprint density at radius 3 is 2.67 bits per heavy atom. The molecule has 1 N–H and O–H groups in total. The van der Waals surface area contributed by atoms with Gasteiger partial charge in [-0.3, -0.25) is 0 Å². The van der Waals surface area contributed by atoms with Crippen molar-refractivity contribution in [3.63, 3.8) is 0 Å². The van der Waals surface area contributed by atoms with Gasteiger partial charge in [-0.25, -0.2) is 0 Å². The maximum Gasteiger partial charge on any atom is 0.0672 e. The third kappa shape index (κ3) is 3.72. The molecule has 0 heterocycles. The highest BCUT2D eigenvalue weighted by Crippen LogP contribution is 2.30. The molecule has 2 aliphatic carbocycles. The van der Waals surface area contributed by atoms with Crippen molar-refractivity contribution in [3.8, 4) is 6.07 Å². The molecule has 2 fully saturated rings. The van der Waals surface area contributed by atoms with E-state index in [4.69, 9.17) is 5.26 Å². The normalized spacial score (nSPS) is 37.1. The van der Waals surface area contributed by atoms with E-state index in [1.54, 1.807) is 0 Å². The average molecular weight is 248 g/mol. The van der Waals surface area contributed by atoms with E-state index in [-0.39, 0.29) is 5.92 Å². The van der Waals surface area contributed by atoms with E-state index >= 15 is 0 Å². The first-order chi connectivity index (χ1) is 8.83. The molecule has 0 aromatic rings. The summed E-state index contributed by atoms with van der Waals surface area (Å²) in [7, 11) is 0. The molecular formula is C16H28N2. The monoisotopic (exact) mass is 248 g/mol. The summed E-state index contributed by atoms with van der Waals surface area (Å²) in [5.41, 5.74) is 0. The molecule has 0 amide bonds. The van der Waals surface area contributed by atoms with Gasteiger partial charge in [0.2, 0.25) is 0 Å². The molecule has 0 spiro atoms. The van der Waals surface area contributed by atoms with E-state index in [2.05, 4.69) is 18.3 Å². The van der Waals surface area contributed by atoms with Crippen molar-refractivity contribution >= 4 is 0 Å². The van der Waals surface area contributed by atoms with Crippen LogP contribution in [0.25, 0.3) is 0 Å². The SMILES string of the molecule is CCCC1CCCC(NC2CCCC2C#N)CC1. The molecule has 4 unspecified atom stereocenters. The summed E-state index contributed by atoms with van der Waals surface area (Å²) in [5.74, 6) is 1.25. The molecule has 2 saturated carbocycles. The summed E-state index contributed by atoms with van der Waals surface area (Å²) < 4.78 is 0. The molecule has 2 heteroatoms. The summed E-state index contributed by atoms with van der Waals surface area (Å²) in [4.78, 5) is 0. The first-order valence-electron chi connectivity index (χ1n) is 7.99. The van der Waals surface area contributed by atoms with E-state index in [0.29, 0.717) is 12.1 Å². The third-order valence-corrected chi connectivity index (χ3v) is 4.92. The predicted molar refractivity (Wildman–Crippen MR) is 75.1 cm³/mol. The zero-order valence-corrected chi connectivity index (χ0v) is 11.8. The van der Waals surface area contributed by atoms with E-state index in [1.165, 1.54) is 57.8 Å². The second-order valence-electron chi connectivity index (χ2n) is 6.30. The van der Waals surface area contributed by atoms with Gasteiger partial charge in [-0.05, 0) is 38.0 Å². The van der Waals surface area contributed by atoms with Crippen molar-refractivity contribution in [1.82, 2.24) is 5.32 Å². The van der Waals surface area contributed by atoms with E-state index in [0.717, 1.165) is 12.3 Å². The maximum atomic E-state index is 9.14. The van der Waals surface area contributed by atoms with Crippen LogP contribution >= 0.6 is 0 Å². The summed E-state index contributed by atoms with van der Waals surface area (Å²) in [6, 6.07) is 3.66. The van der Waals surface area contributed by atoms with Gasteiger partial charge in [0, 0.05) is 12.1 Å². The summed E-state index contributed by atoms with van der Waals surface area (Å²) in [5, 5.41) is 12.9. The summed E-state index contributed by atoms with van der Waals surface area (Å²) >= 11 is 0. The Morgan fingerprint density at radius 1 is 1.06 bits per heavy atom. The standard InChI is InChI=1S/C16H28N2/c1-2-5-13-6-3-8-15(11-10-13)18-16-9-4-7-14(16)12-17/h13-16,18H,2-11H2,1H3.